The molecule has 3 rings (SSSR count). The summed E-state index contributed by atoms with van der Waals surface area (Å²) in [6.45, 7) is 7.15. The third-order valence-corrected chi connectivity index (χ3v) is 5.80. The zero-order valence-electron chi connectivity index (χ0n) is 18.7. The molecule has 0 radical (unpaired) electrons. The quantitative estimate of drug-likeness (QED) is 0.443. The van der Waals surface area contributed by atoms with E-state index in [-0.39, 0.29) is 18.4 Å². The SMILES string of the molecule is CCCN(CCC(=O)Nc1nnc(-c2ccccc2)s1)C(=O)Nc1ccc(C(C)C)cc1. The Morgan fingerprint density at radius 3 is 2.34 bits per heavy atom. The molecule has 0 bridgehead atoms. The fourth-order valence-electron chi connectivity index (χ4n) is 3.13. The first-order chi connectivity index (χ1) is 15.5. The number of amides is 3. The summed E-state index contributed by atoms with van der Waals surface area (Å²) in [4.78, 5) is 26.8. The summed E-state index contributed by atoms with van der Waals surface area (Å²) in [6, 6.07) is 17.3. The van der Waals surface area contributed by atoms with Crippen LogP contribution in [0.1, 0.15) is 45.1 Å². The zero-order valence-corrected chi connectivity index (χ0v) is 19.5. The van der Waals surface area contributed by atoms with E-state index < -0.39 is 0 Å². The number of rotatable bonds is 9. The lowest BCUT2D eigenvalue weighted by molar-refractivity contribution is -0.116. The van der Waals surface area contributed by atoms with Gasteiger partial charge in [0.05, 0.1) is 0 Å². The monoisotopic (exact) mass is 451 g/mol. The van der Waals surface area contributed by atoms with Gasteiger partial charge in [-0.25, -0.2) is 4.79 Å². The van der Waals surface area contributed by atoms with Crippen molar-refractivity contribution >= 4 is 34.1 Å². The molecule has 3 aromatic rings. The van der Waals surface area contributed by atoms with Gasteiger partial charge in [0, 0.05) is 30.8 Å². The summed E-state index contributed by atoms with van der Waals surface area (Å²) in [5.41, 5.74) is 2.92. The maximum Gasteiger partial charge on any atom is 0.321 e. The van der Waals surface area contributed by atoms with Gasteiger partial charge >= 0.3 is 6.03 Å². The van der Waals surface area contributed by atoms with Gasteiger partial charge in [0.2, 0.25) is 11.0 Å². The van der Waals surface area contributed by atoms with Crippen LogP contribution in [-0.2, 0) is 4.79 Å². The third kappa shape index (κ3) is 6.62. The molecular formula is C24H29N5O2S. The summed E-state index contributed by atoms with van der Waals surface area (Å²) in [7, 11) is 0. The maximum absolute atomic E-state index is 12.7. The van der Waals surface area contributed by atoms with Crippen LogP contribution in [0.25, 0.3) is 10.6 Å². The standard InChI is InChI=1S/C24H29N5O2S/c1-4-15-29(24(31)25-20-12-10-18(11-13-20)17(2)3)16-14-21(30)26-23-28-27-22(32-23)19-8-6-5-7-9-19/h5-13,17H,4,14-16H2,1-3H3,(H,25,31)(H,26,28,30). The van der Waals surface area contributed by atoms with Crippen LogP contribution in [0.2, 0.25) is 0 Å². The van der Waals surface area contributed by atoms with Crippen molar-refractivity contribution < 1.29 is 9.59 Å². The fourth-order valence-corrected chi connectivity index (χ4v) is 3.89. The summed E-state index contributed by atoms with van der Waals surface area (Å²) in [6.07, 6.45) is 0.984. The van der Waals surface area contributed by atoms with Crippen LogP contribution in [0.3, 0.4) is 0 Å². The molecule has 0 aliphatic carbocycles. The smallest absolute Gasteiger partial charge is 0.321 e. The fraction of sp³-hybridized carbons (Fsp3) is 0.333. The molecule has 8 heteroatoms. The molecule has 7 nitrogen and oxygen atoms in total. The lowest BCUT2D eigenvalue weighted by Crippen LogP contribution is -2.37. The van der Waals surface area contributed by atoms with E-state index in [0.29, 0.717) is 24.1 Å². The Kier molecular flexibility index (Phi) is 8.33. The van der Waals surface area contributed by atoms with Crippen molar-refractivity contribution in [1.29, 1.82) is 0 Å². The van der Waals surface area contributed by atoms with Crippen molar-refractivity contribution in [2.24, 2.45) is 0 Å². The maximum atomic E-state index is 12.7. The van der Waals surface area contributed by atoms with Gasteiger partial charge in [0.1, 0.15) is 5.01 Å². The third-order valence-electron chi connectivity index (χ3n) is 4.91. The minimum atomic E-state index is -0.209. The molecule has 0 unspecified atom stereocenters. The molecule has 0 fully saturated rings. The van der Waals surface area contributed by atoms with Gasteiger partial charge in [-0.1, -0.05) is 74.6 Å². The Morgan fingerprint density at radius 2 is 1.69 bits per heavy atom. The van der Waals surface area contributed by atoms with Crippen molar-refractivity contribution in [1.82, 2.24) is 15.1 Å². The molecular weight excluding hydrogens is 422 g/mol. The van der Waals surface area contributed by atoms with Gasteiger partial charge in [-0.3, -0.25) is 4.79 Å². The van der Waals surface area contributed by atoms with Crippen molar-refractivity contribution in [3.05, 3.63) is 60.2 Å². The Hall–Kier alpha value is -3.26. The van der Waals surface area contributed by atoms with E-state index in [1.807, 2.05) is 61.5 Å². The first-order valence-electron chi connectivity index (χ1n) is 10.8. The second-order valence-corrected chi connectivity index (χ2v) is 8.75. The molecule has 168 valence electrons. The van der Waals surface area contributed by atoms with Crippen LogP contribution in [0.15, 0.2) is 54.6 Å². The number of hydrogen-bond acceptors (Lipinski definition) is 5. The van der Waals surface area contributed by atoms with Crippen molar-refractivity contribution in [2.45, 2.75) is 39.5 Å². The highest BCUT2D eigenvalue weighted by Gasteiger charge is 2.16. The van der Waals surface area contributed by atoms with E-state index in [0.717, 1.165) is 22.7 Å². The summed E-state index contributed by atoms with van der Waals surface area (Å²) in [5.74, 6) is 0.239. The van der Waals surface area contributed by atoms with Crippen molar-refractivity contribution in [3.63, 3.8) is 0 Å². The van der Waals surface area contributed by atoms with Crippen LogP contribution < -0.4 is 10.6 Å². The molecule has 2 N–H and O–H groups in total. The average molecular weight is 452 g/mol. The molecule has 0 aliphatic heterocycles. The van der Waals surface area contributed by atoms with Gasteiger partial charge in [-0.15, -0.1) is 10.2 Å². The highest BCUT2D eigenvalue weighted by atomic mass is 32.1. The van der Waals surface area contributed by atoms with Crippen LogP contribution in [0, 0.1) is 0 Å². The minimum Gasteiger partial charge on any atom is -0.324 e. The van der Waals surface area contributed by atoms with Crippen LogP contribution in [-0.4, -0.2) is 40.1 Å². The Balaban J connectivity index is 1.52. The predicted molar refractivity (Wildman–Crippen MR) is 130 cm³/mol. The lowest BCUT2D eigenvalue weighted by Gasteiger charge is -2.22. The highest BCUT2D eigenvalue weighted by molar-refractivity contribution is 7.18. The molecule has 0 spiro atoms. The molecule has 1 aromatic heterocycles. The van der Waals surface area contributed by atoms with Crippen molar-refractivity contribution in [3.8, 4) is 10.6 Å². The van der Waals surface area contributed by atoms with Gasteiger partial charge in [0.15, 0.2) is 0 Å². The molecule has 2 aromatic carbocycles. The Labute approximate surface area is 192 Å². The number of carbonyl (C=O) groups is 2. The molecule has 32 heavy (non-hydrogen) atoms. The zero-order chi connectivity index (χ0) is 22.9. The lowest BCUT2D eigenvalue weighted by atomic mass is 10.0. The molecule has 1 heterocycles. The largest absolute Gasteiger partial charge is 0.324 e. The summed E-state index contributed by atoms with van der Waals surface area (Å²) < 4.78 is 0. The number of hydrogen-bond donors (Lipinski definition) is 2. The first-order valence-corrected chi connectivity index (χ1v) is 11.6. The van der Waals surface area contributed by atoms with E-state index in [9.17, 15) is 9.59 Å². The predicted octanol–water partition coefficient (Wildman–Crippen LogP) is 5.60. The topological polar surface area (TPSA) is 87.2 Å². The molecule has 0 atom stereocenters. The molecule has 0 saturated heterocycles. The van der Waals surface area contributed by atoms with Gasteiger partial charge in [0.25, 0.3) is 0 Å². The second-order valence-electron chi connectivity index (χ2n) is 7.77. The van der Waals surface area contributed by atoms with E-state index >= 15 is 0 Å². The average Bonchev–Trinajstić information content (AvgIpc) is 3.26. The number of aromatic nitrogens is 2. The number of anilines is 2. The molecule has 3 amide bonds. The van der Waals surface area contributed by atoms with Crippen LogP contribution >= 0.6 is 11.3 Å². The first kappa shape index (κ1) is 23.4. The number of nitrogens with zero attached hydrogens (tertiary/aromatic N) is 3. The second kappa shape index (κ2) is 11.4. The highest BCUT2D eigenvalue weighted by Crippen LogP contribution is 2.26. The summed E-state index contributed by atoms with van der Waals surface area (Å²) >= 11 is 1.32. The Morgan fingerprint density at radius 1 is 0.969 bits per heavy atom. The number of nitrogens with one attached hydrogen (secondary N) is 2. The van der Waals surface area contributed by atoms with Crippen molar-refractivity contribution in [2.75, 3.05) is 23.7 Å². The number of benzene rings is 2. The Bertz CT molecular complexity index is 1020. The minimum absolute atomic E-state index is 0.181. The van der Waals surface area contributed by atoms with E-state index in [4.69, 9.17) is 0 Å². The van der Waals surface area contributed by atoms with Gasteiger partial charge in [-0.2, -0.15) is 0 Å². The number of urea groups is 1. The van der Waals surface area contributed by atoms with E-state index in [1.165, 1.54) is 16.9 Å². The van der Waals surface area contributed by atoms with Crippen LogP contribution in [0.5, 0.6) is 0 Å². The van der Waals surface area contributed by atoms with Crippen LogP contribution in [0.4, 0.5) is 15.6 Å². The van der Waals surface area contributed by atoms with E-state index in [1.54, 1.807) is 4.90 Å². The summed E-state index contributed by atoms with van der Waals surface area (Å²) in [5, 5.41) is 15.1. The van der Waals surface area contributed by atoms with E-state index in [2.05, 4.69) is 34.7 Å². The normalized spacial score (nSPS) is 10.8. The van der Waals surface area contributed by atoms with Gasteiger partial charge in [-0.05, 0) is 30.0 Å². The molecule has 0 aliphatic rings. The molecule has 0 saturated carbocycles. The van der Waals surface area contributed by atoms with Gasteiger partial charge < -0.3 is 15.5 Å². The number of carbonyl (C=O) groups excluding carboxylic acids is 2.